The third-order valence-electron chi connectivity index (χ3n) is 5.22. The molecule has 0 spiro atoms. The van der Waals surface area contributed by atoms with E-state index in [0.29, 0.717) is 43.1 Å². The van der Waals surface area contributed by atoms with Crippen LogP contribution in [0.3, 0.4) is 0 Å². The number of nitrogens with zero attached hydrogens (tertiary/aromatic N) is 1. The largest absolute Gasteiger partial charge is 0.494 e. The van der Waals surface area contributed by atoms with Gasteiger partial charge in [0.1, 0.15) is 5.75 Å². The molecule has 3 rings (SSSR count). The molecule has 0 aromatic heterocycles. The molecule has 0 unspecified atom stereocenters. The van der Waals surface area contributed by atoms with Crippen LogP contribution in [0.4, 0.5) is 5.69 Å². The van der Waals surface area contributed by atoms with Crippen molar-refractivity contribution in [1.29, 1.82) is 0 Å². The van der Waals surface area contributed by atoms with Gasteiger partial charge < -0.3 is 10.1 Å². The number of rotatable bonds is 6. The summed E-state index contributed by atoms with van der Waals surface area (Å²) in [4.78, 5) is 12.9. The van der Waals surface area contributed by atoms with E-state index in [1.54, 1.807) is 6.07 Å². The van der Waals surface area contributed by atoms with Gasteiger partial charge in [0.15, 0.2) is 0 Å². The average Bonchev–Trinajstić information content (AvgIpc) is 2.71. The van der Waals surface area contributed by atoms with Gasteiger partial charge in [-0.25, -0.2) is 8.42 Å². The van der Waals surface area contributed by atoms with E-state index >= 15 is 0 Å². The second-order valence-electron chi connectivity index (χ2n) is 7.39. The fourth-order valence-electron chi connectivity index (χ4n) is 3.53. The number of benzene rings is 2. The van der Waals surface area contributed by atoms with Crippen LogP contribution in [0.1, 0.15) is 30.9 Å². The zero-order valence-electron chi connectivity index (χ0n) is 17.1. The highest BCUT2D eigenvalue weighted by atomic mass is 32.2. The Kier molecular flexibility index (Phi) is 6.59. The molecule has 2 aromatic rings. The normalized spacial score (nSPS) is 15.8. The molecule has 6 nitrogen and oxygen atoms in total. The molecule has 1 aliphatic rings. The molecule has 0 bridgehead atoms. The third-order valence-corrected chi connectivity index (χ3v) is 7.26. The second-order valence-corrected chi connectivity index (χ2v) is 9.30. The Labute approximate surface area is 172 Å². The minimum absolute atomic E-state index is 0.0713. The van der Waals surface area contributed by atoms with Gasteiger partial charge >= 0.3 is 0 Å². The van der Waals surface area contributed by atoms with Gasteiger partial charge in [0, 0.05) is 24.7 Å². The standard InChI is InChI=1S/C22H28N2O4S/c1-4-28-20-9-7-19(8-10-20)23-22(25)18-11-13-24(14-12-18)29(26,27)21-15-16(2)5-6-17(21)3/h5-10,15,18H,4,11-14H2,1-3H3,(H,23,25). The molecule has 0 aliphatic carbocycles. The van der Waals surface area contributed by atoms with E-state index in [-0.39, 0.29) is 11.8 Å². The molecule has 156 valence electrons. The van der Waals surface area contributed by atoms with E-state index in [1.165, 1.54) is 4.31 Å². The fourth-order valence-corrected chi connectivity index (χ4v) is 5.31. The Morgan fingerprint density at radius 2 is 1.76 bits per heavy atom. The molecule has 7 heteroatoms. The molecule has 29 heavy (non-hydrogen) atoms. The van der Waals surface area contributed by atoms with Gasteiger partial charge in [-0.2, -0.15) is 4.31 Å². The topological polar surface area (TPSA) is 75.7 Å². The first kappa shape index (κ1) is 21.3. The molecule has 1 heterocycles. The number of amides is 1. The van der Waals surface area contributed by atoms with Crippen molar-refractivity contribution in [3.63, 3.8) is 0 Å². The van der Waals surface area contributed by atoms with Crippen molar-refractivity contribution in [3.05, 3.63) is 53.6 Å². The van der Waals surface area contributed by atoms with Crippen LogP contribution < -0.4 is 10.1 Å². The van der Waals surface area contributed by atoms with Gasteiger partial charge in [-0.05, 0) is 75.1 Å². The van der Waals surface area contributed by atoms with E-state index in [1.807, 2.05) is 57.2 Å². The maximum atomic E-state index is 13.0. The number of carbonyl (C=O) groups excluding carboxylic acids is 1. The van der Waals surface area contributed by atoms with E-state index in [9.17, 15) is 13.2 Å². The minimum atomic E-state index is -3.55. The first-order valence-electron chi connectivity index (χ1n) is 9.92. The maximum Gasteiger partial charge on any atom is 0.243 e. The summed E-state index contributed by atoms with van der Waals surface area (Å²) in [5, 5.41) is 2.92. The second kappa shape index (κ2) is 8.97. The molecule has 1 N–H and O–H groups in total. The number of anilines is 1. The predicted molar refractivity (Wildman–Crippen MR) is 114 cm³/mol. The van der Waals surface area contributed by atoms with Crippen LogP contribution in [-0.2, 0) is 14.8 Å². The number of carbonyl (C=O) groups is 1. The number of hydrogen-bond donors (Lipinski definition) is 1. The summed E-state index contributed by atoms with van der Waals surface area (Å²) >= 11 is 0. The lowest BCUT2D eigenvalue weighted by molar-refractivity contribution is -0.120. The average molecular weight is 417 g/mol. The Morgan fingerprint density at radius 3 is 2.38 bits per heavy atom. The van der Waals surface area contributed by atoms with Crippen LogP contribution in [0.25, 0.3) is 0 Å². The highest BCUT2D eigenvalue weighted by Gasteiger charge is 2.32. The lowest BCUT2D eigenvalue weighted by Crippen LogP contribution is -2.41. The van der Waals surface area contributed by atoms with Crippen molar-refractivity contribution in [3.8, 4) is 5.75 Å². The van der Waals surface area contributed by atoms with Crippen LogP contribution in [0.2, 0.25) is 0 Å². The van der Waals surface area contributed by atoms with Gasteiger partial charge in [0.05, 0.1) is 11.5 Å². The van der Waals surface area contributed by atoms with Gasteiger partial charge in [-0.3, -0.25) is 4.79 Å². The van der Waals surface area contributed by atoms with Gasteiger partial charge in [-0.1, -0.05) is 12.1 Å². The molecule has 0 atom stereocenters. The van der Waals surface area contributed by atoms with Gasteiger partial charge in [-0.15, -0.1) is 0 Å². The molecular formula is C22H28N2O4S. The summed E-state index contributed by atoms with van der Waals surface area (Å²) < 4.78 is 33.0. The number of hydrogen-bond acceptors (Lipinski definition) is 4. The monoisotopic (exact) mass is 416 g/mol. The van der Waals surface area contributed by atoms with Gasteiger partial charge in [0.2, 0.25) is 15.9 Å². The van der Waals surface area contributed by atoms with Crippen LogP contribution >= 0.6 is 0 Å². The molecule has 1 amide bonds. The highest BCUT2D eigenvalue weighted by Crippen LogP contribution is 2.27. The number of ether oxygens (including phenoxy) is 1. The van der Waals surface area contributed by atoms with Gasteiger partial charge in [0.25, 0.3) is 0 Å². The third kappa shape index (κ3) is 4.97. The molecule has 1 saturated heterocycles. The van der Waals surface area contributed by atoms with Crippen molar-refractivity contribution in [2.45, 2.75) is 38.5 Å². The van der Waals surface area contributed by atoms with E-state index in [4.69, 9.17) is 4.74 Å². The number of sulfonamides is 1. The number of piperidine rings is 1. The van der Waals surface area contributed by atoms with Crippen LogP contribution in [0.15, 0.2) is 47.4 Å². The molecular weight excluding hydrogens is 388 g/mol. The van der Waals surface area contributed by atoms with E-state index in [0.717, 1.165) is 16.9 Å². The van der Waals surface area contributed by atoms with Crippen molar-refractivity contribution in [2.75, 3.05) is 25.0 Å². The summed E-state index contributed by atoms with van der Waals surface area (Å²) in [7, 11) is -3.55. The zero-order valence-corrected chi connectivity index (χ0v) is 18.0. The minimum Gasteiger partial charge on any atom is -0.494 e. The van der Waals surface area contributed by atoms with E-state index < -0.39 is 10.0 Å². The quantitative estimate of drug-likeness (QED) is 0.778. The lowest BCUT2D eigenvalue weighted by atomic mass is 9.97. The molecule has 0 saturated carbocycles. The molecule has 0 radical (unpaired) electrons. The highest BCUT2D eigenvalue weighted by molar-refractivity contribution is 7.89. The summed E-state index contributed by atoms with van der Waals surface area (Å²) in [5.74, 6) is 0.486. The Morgan fingerprint density at radius 1 is 1.10 bits per heavy atom. The van der Waals surface area contributed by atoms with Crippen LogP contribution in [0, 0.1) is 19.8 Å². The van der Waals surface area contributed by atoms with Crippen molar-refractivity contribution in [2.24, 2.45) is 5.92 Å². The summed E-state index contributed by atoms with van der Waals surface area (Å²) in [6.45, 7) is 6.89. The fraction of sp³-hybridized carbons (Fsp3) is 0.409. The SMILES string of the molecule is CCOc1ccc(NC(=O)C2CCN(S(=O)(=O)c3cc(C)ccc3C)CC2)cc1. The molecule has 2 aromatic carbocycles. The van der Waals surface area contributed by atoms with Crippen LogP contribution in [0.5, 0.6) is 5.75 Å². The summed E-state index contributed by atoms with van der Waals surface area (Å²) in [5.41, 5.74) is 2.37. The Hall–Kier alpha value is -2.38. The summed E-state index contributed by atoms with van der Waals surface area (Å²) in [6, 6.07) is 12.7. The Balaban J connectivity index is 1.61. The van der Waals surface area contributed by atoms with E-state index in [2.05, 4.69) is 5.32 Å². The number of aryl methyl sites for hydroxylation is 2. The Bertz CT molecular complexity index is 963. The lowest BCUT2D eigenvalue weighted by Gasteiger charge is -2.31. The number of nitrogens with one attached hydrogen (secondary N) is 1. The maximum absolute atomic E-state index is 13.0. The van der Waals surface area contributed by atoms with Crippen molar-refractivity contribution < 1.29 is 17.9 Å². The predicted octanol–water partition coefficient (Wildman–Crippen LogP) is 3.74. The molecule has 1 aliphatic heterocycles. The first-order valence-corrected chi connectivity index (χ1v) is 11.4. The first-order chi connectivity index (χ1) is 13.8. The summed E-state index contributed by atoms with van der Waals surface area (Å²) in [6.07, 6.45) is 1.01. The zero-order chi connectivity index (χ0) is 21.0. The molecule has 1 fully saturated rings. The smallest absolute Gasteiger partial charge is 0.243 e. The van der Waals surface area contributed by atoms with Crippen molar-refractivity contribution >= 4 is 21.6 Å². The van der Waals surface area contributed by atoms with Crippen molar-refractivity contribution in [1.82, 2.24) is 4.31 Å². The van der Waals surface area contributed by atoms with Crippen LogP contribution in [-0.4, -0.2) is 38.3 Å².